The quantitative estimate of drug-likeness (QED) is 0.482. The molecule has 1 unspecified atom stereocenters. The molecule has 1 aromatic carbocycles. The Balaban J connectivity index is 1.67. The van der Waals surface area contributed by atoms with Crippen LogP contribution in [0.3, 0.4) is 0 Å². The Morgan fingerprint density at radius 2 is 2.03 bits per heavy atom. The summed E-state index contributed by atoms with van der Waals surface area (Å²) in [6.07, 6.45) is 3.01. The van der Waals surface area contributed by atoms with E-state index in [1.807, 2.05) is 48.7 Å². The highest BCUT2D eigenvalue weighted by molar-refractivity contribution is 8.00. The lowest BCUT2D eigenvalue weighted by Crippen LogP contribution is -2.22. The molecule has 0 aliphatic rings. The average Bonchev–Trinajstić information content (AvgIpc) is 3.21. The van der Waals surface area contributed by atoms with Gasteiger partial charge in [-0.3, -0.25) is 4.79 Å². The van der Waals surface area contributed by atoms with Crippen molar-refractivity contribution in [2.75, 3.05) is 5.32 Å². The van der Waals surface area contributed by atoms with E-state index in [1.54, 1.807) is 6.07 Å². The van der Waals surface area contributed by atoms with Crippen LogP contribution in [-0.4, -0.2) is 21.1 Å². The maximum atomic E-state index is 12.6. The molecule has 0 radical (unpaired) electrons. The molecular formula is C22H22N4OS2. The second kappa shape index (κ2) is 10.2. The third-order valence-electron chi connectivity index (χ3n) is 4.29. The number of aromatic nitrogens is 2. The summed E-state index contributed by atoms with van der Waals surface area (Å²) in [6, 6.07) is 15.7. The van der Waals surface area contributed by atoms with Gasteiger partial charge >= 0.3 is 0 Å². The molecule has 0 fully saturated rings. The van der Waals surface area contributed by atoms with Crippen LogP contribution in [-0.2, 0) is 11.2 Å². The summed E-state index contributed by atoms with van der Waals surface area (Å²) in [5.41, 5.74) is 3.30. The largest absolute Gasteiger partial charge is 0.301 e. The van der Waals surface area contributed by atoms with Crippen molar-refractivity contribution in [2.45, 2.75) is 43.4 Å². The summed E-state index contributed by atoms with van der Waals surface area (Å²) < 4.78 is 0. The van der Waals surface area contributed by atoms with Crippen LogP contribution < -0.4 is 5.32 Å². The number of nitrogens with one attached hydrogen (secondary N) is 1. The van der Waals surface area contributed by atoms with E-state index >= 15 is 0 Å². The summed E-state index contributed by atoms with van der Waals surface area (Å²) >= 11 is 2.70. The van der Waals surface area contributed by atoms with Crippen LogP contribution in [0, 0.1) is 11.3 Å². The summed E-state index contributed by atoms with van der Waals surface area (Å²) in [7, 11) is 0. The van der Waals surface area contributed by atoms with Gasteiger partial charge < -0.3 is 5.32 Å². The molecule has 0 aliphatic heterocycles. The van der Waals surface area contributed by atoms with Crippen LogP contribution in [0.1, 0.15) is 37.9 Å². The topological polar surface area (TPSA) is 78.7 Å². The number of benzene rings is 1. The molecule has 3 rings (SSSR count). The Hall–Kier alpha value is -2.69. The standard InChI is InChI=1S/C22H22N4OS2/c1-3-4-10-18-12-11-17(13-23)21(24-18)29-15(2)20(27)26-22-25-19(14-28-22)16-8-6-5-7-9-16/h5-9,11-12,14-15H,3-4,10H2,1-2H3,(H,25,26,27). The number of carbonyl (C=O) groups excluding carboxylic acids is 1. The van der Waals surface area contributed by atoms with E-state index in [2.05, 4.69) is 28.3 Å². The van der Waals surface area contributed by atoms with Crippen molar-refractivity contribution in [2.24, 2.45) is 0 Å². The van der Waals surface area contributed by atoms with Gasteiger partial charge in [0.2, 0.25) is 5.91 Å². The van der Waals surface area contributed by atoms with E-state index in [0.29, 0.717) is 15.7 Å². The molecule has 0 spiro atoms. The number of thiazole rings is 1. The van der Waals surface area contributed by atoms with E-state index in [9.17, 15) is 10.1 Å². The molecule has 1 amide bonds. The zero-order valence-corrected chi connectivity index (χ0v) is 18.0. The third-order valence-corrected chi connectivity index (χ3v) is 6.15. The van der Waals surface area contributed by atoms with Gasteiger partial charge in [0.25, 0.3) is 0 Å². The highest BCUT2D eigenvalue weighted by Crippen LogP contribution is 2.28. The predicted octanol–water partition coefficient (Wildman–Crippen LogP) is 5.54. The van der Waals surface area contributed by atoms with Gasteiger partial charge in [-0.05, 0) is 31.9 Å². The van der Waals surface area contributed by atoms with Crippen LogP contribution in [0.25, 0.3) is 11.3 Å². The summed E-state index contributed by atoms with van der Waals surface area (Å²) in [5.74, 6) is -0.159. The first kappa shape index (κ1) is 21.0. The number of thioether (sulfide) groups is 1. The molecule has 0 aliphatic carbocycles. The van der Waals surface area contributed by atoms with Crippen molar-refractivity contribution in [3.63, 3.8) is 0 Å². The van der Waals surface area contributed by atoms with Crippen LogP contribution in [0.4, 0.5) is 5.13 Å². The number of carbonyl (C=O) groups is 1. The fraction of sp³-hybridized carbons (Fsp3) is 0.273. The normalized spacial score (nSPS) is 11.6. The highest BCUT2D eigenvalue weighted by Gasteiger charge is 2.19. The Labute approximate surface area is 179 Å². The SMILES string of the molecule is CCCCc1ccc(C#N)c(SC(C)C(=O)Nc2nc(-c3ccccc3)cs2)n1. The number of nitriles is 1. The fourth-order valence-electron chi connectivity index (χ4n) is 2.65. The maximum Gasteiger partial charge on any atom is 0.239 e. The van der Waals surface area contributed by atoms with Crippen molar-refractivity contribution in [1.29, 1.82) is 5.26 Å². The number of amides is 1. The third kappa shape index (κ3) is 5.66. The van der Waals surface area contributed by atoms with Gasteiger partial charge in [0.15, 0.2) is 5.13 Å². The molecule has 2 heterocycles. The lowest BCUT2D eigenvalue weighted by Gasteiger charge is -2.12. The number of rotatable bonds is 8. The minimum atomic E-state index is -0.403. The van der Waals surface area contributed by atoms with E-state index in [1.165, 1.54) is 23.1 Å². The number of anilines is 1. The fourth-order valence-corrected chi connectivity index (χ4v) is 4.29. The van der Waals surface area contributed by atoms with Crippen LogP contribution in [0.15, 0.2) is 52.9 Å². The van der Waals surface area contributed by atoms with Gasteiger partial charge in [0.1, 0.15) is 11.1 Å². The number of pyridine rings is 1. The van der Waals surface area contributed by atoms with Gasteiger partial charge in [-0.2, -0.15) is 5.26 Å². The Kier molecular flexibility index (Phi) is 7.39. The minimum absolute atomic E-state index is 0.159. The molecule has 0 bridgehead atoms. The molecule has 0 saturated heterocycles. The monoisotopic (exact) mass is 422 g/mol. The highest BCUT2D eigenvalue weighted by atomic mass is 32.2. The smallest absolute Gasteiger partial charge is 0.239 e. The van der Waals surface area contributed by atoms with E-state index < -0.39 is 5.25 Å². The molecule has 29 heavy (non-hydrogen) atoms. The van der Waals surface area contributed by atoms with Crippen molar-refractivity contribution in [1.82, 2.24) is 9.97 Å². The van der Waals surface area contributed by atoms with Gasteiger partial charge in [0.05, 0.1) is 16.5 Å². The first-order valence-electron chi connectivity index (χ1n) is 9.49. The van der Waals surface area contributed by atoms with E-state index in [0.717, 1.165) is 36.2 Å². The summed E-state index contributed by atoms with van der Waals surface area (Å²) in [4.78, 5) is 21.7. The van der Waals surface area contributed by atoms with Crippen LogP contribution in [0.2, 0.25) is 0 Å². The molecule has 0 saturated carbocycles. The van der Waals surface area contributed by atoms with Crippen molar-refractivity contribution in [3.05, 3.63) is 59.1 Å². The molecule has 5 nitrogen and oxygen atoms in total. The zero-order chi connectivity index (χ0) is 20.6. The first-order valence-corrected chi connectivity index (χ1v) is 11.2. The van der Waals surface area contributed by atoms with Gasteiger partial charge in [-0.15, -0.1) is 11.3 Å². The lowest BCUT2D eigenvalue weighted by molar-refractivity contribution is -0.115. The second-order valence-corrected chi connectivity index (χ2v) is 8.71. The van der Waals surface area contributed by atoms with Gasteiger partial charge in [-0.1, -0.05) is 55.4 Å². The van der Waals surface area contributed by atoms with Crippen molar-refractivity contribution in [3.8, 4) is 17.3 Å². The Morgan fingerprint density at radius 1 is 1.24 bits per heavy atom. The number of hydrogen-bond acceptors (Lipinski definition) is 6. The number of unbranched alkanes of at least 4 members (excludes halogenated alkanes) is 1. The molecule has 7 heteroatoms. The molecule has 1 atom stereocenters. The average molecular weight is 423 g/mol. The first-order chi connectivity index (χ1) is 14.1. The van der Waals surface area contributed by atoms with Crippen LogP contribution >= 0.6 is 23.1 Å². The Morgan fingerprint density at radius 3 is 2.76 bits per heavy atom. The van der Waals surface area contributed by atoms with Crippen molar-refractivity contribution >= 4 is 34.1 Å². The summed E-state index contributed by atoms with van der Waals surface area (Å²) in [5, 5.41) is 14.9. The number of aryl methyl sites for hydroxylation is 1. The second-order valence-electron chi connectivity index (χ2n) is 6.52. The lowest BCUT2D eigenvalue weighted by atomic mass is 10.2. The van der Waals surface area contributed by atoms with Crippen molar-refractivity contribution < 1.29 is 4.79 Å². The summed E-state index contributed by atoms with van der Waals surface area (Å²) in [6.45, 7) is 3.95. The number of hydrogen-bond donors (Lipinski definition) is 1. The Bertz CT molecular complexity index is 1010. The predicted molar refractivity (Wildman–Crippen MR) is 119 cm³/mol. The molecular weight excluding hydrogens is 400 g/mol. The van der Waals surface area contributed by atoms with E-state index in [-0.39, 0.29) is 5.91 Å². The number of nitrogens with zero attached hydrogens (tertiary/aromatic N) is 3. The molecule has 3 aromatic rings. The van der Waals surface area contributed by atoms with Gasteiger partial charge in [-0.25, -0.2) is 9.97 Å². The van der Waals surface area contributed by atoms with E-state index in [4.69, 9.17) is 0 Å². The molecule has 2 aromatic heterocycles. The van der Waals surface area contributed by atoms with Crippen LogP contribution in [0.5, 0.6) is 0 Å². The molecule has 148 valence electrons. The minimum Gasteiger partial charge on any atom is -0.301 e. The van der Waals surface area contributed by atoms with Gasteiger partial charge in [0, 0.05) is 16.6 Å². The zero-order valence-electron chi connectivity index (χ0n) is 16.4. The molecule has 1 N–H and O–H groups in total. The maximum absolute atomic E-state index is 12.6.